The van der Waals surface area contributed by atoms with E-state index in [0.29, 0.717) is 16.9 Å². The zero-order chi connectivity index (χ0) is 18.9. The van der Waals surface area contributed by atoms with Crippen molar-refractivity contribution in [3.05, 3.63) is 40.7 Å². The molecule has 4 rings (SSSR count). The van der Waals surface area contributed by atoms with Crippen LogP contribution < -0.4 is 11.1 Å². The van der Waals surface area contributed by atoms with E-state index >= 15 is 0 Å². The molecule has 1 aromatic carbocycles. The lowest BCUT2D eigenvalue weighted by atomic mass is 9.76. The number of H-pyrrole nitrogens is 1. The highest BCUT2D eigenvalue weighted by Crippen LogP contribution is 2.47. The van der Waals surface area contributed by atoms with Crippen LogP contribution in [0, 0.1) is 0 Å². The van der Waals surface area contributed by atoms with Crippen molar-refractivity contribution in [2.24, 2.45) is 0 Å². The summed E-state index contributed by atoms with van der Waals surface area (Å²) in [5.41, 5.74) is 6.01. The van der Waals surface area contributed by atoms with Gasteiger partial charge >= 0.3 is 0 Å². The molecule has 2 fully saturated rings. The number of aromatic nitrogens is 3. The molecule has 2 atom stereocenters. The van der Waals surface area contributed by atoms with Gasteiger partial charge in [-0.3, -0.25) is 10.00 Å². The summed E-state index contributed by atoms with van der Waals surface area (Å²) in [4.78, 5) is 6.94. The number of aliphatic hydroxyl groups is 1. The summed E-state index contributed by atoms with van der Waals surface area (Å²) in [6.07, 6.45) is 4.29. The van der Waals surface area contributed by atoms with Gasteiger partial charge in [-0.1, -0.05) is 23.7 Å². The fourth-order valence-electron chi connectivity index (χ4n) is 4.71. The van der Waals surface area contributed by atoms with Crippen LogP contribution in [0.4, 0.5) is 5.95 Å². The number of aliphatic hydroxyl groups excluding tert-OH is 1. The van der Waals surface area contributed by atoms with Crippen molar-refractivity contribution in [2.75, 3.05) is 25.4 Å². The number of hydrogen-bond acceptors (Lipinski definition) is 6. The highest BCUT2D eigenvalue weighted by molar-refractivity contribution is 6.30. The summed E-state index contributed by atoms with van der Waals surface area (Å²) >= 11 is 6.06. The highest BCUT2D eigenvalue weighted by atomic mass is 35.5. The summed E-state index contributed by atoms with van der Waals surface area (Å²) in [6.45, 7) is 2.91. The molecule has 7 nitrogen and oxygen atoms in total. The monoisotopic (exact) mass is 390 g/mol. The number of nitrogens with two attached hydrogens (primary N) is 1. The Labute approximate surface area is 164 Å². The molecule has 1 unspecified atom stereocenters. The second kappa shape index (κ2) is 7.75. The Morgan fingerprint density at radius 3 is 2.63 bits per heavy atom. The molecular formula is C19H27ClN6O. The van der Waals surface area contributed by atoms with E-state index in [4.69, 9.17) is 17.3 Å². The third kappa shape index (κ3) is 3.45. The molecule has 0 spiro atoms. The second-order valence-electron chi connectivity index (χ2n) is 7.55. The van der Waals surface area contributed by atoms with Crippen LogP contribution in [-0.4, -0.2) is 50.9 Å². The van der Waals surface area contributed by atoms with Crippen LogP contribution in [0.5, 0.6) is 0 Å². The summed E-state index contributed by atoms with van der Waals surface area (Å²) in [5.74, 6) is 0.865. The number of hydrogen-bond donors (Lipinski definition) is 4. The Balaban J connectivity index is 1.79. The number of halogens is 1. The minimum atomic E-state index is -0.752. The van der Waals surface area contributed by atoms with E-state index < -0.39 is 11.6 Å². The maximum Gasteiger partial charge on any atom is 0.239 e. The average molecular weight is 391 g/mol. The second-order valence-corrected chi connectivity index (χ2v) is 7.99. The lowest BCUT2D eigenvalue weighted by Gasteiger charge is -2.52. The Hall–Kier alpha value is -1.67. The predicted molar refractivity (Wildman–Crippen MR) is 105 cm³/mol. The number of piperidine rings is 2. The average Bonchev–Trinajstić information content (AvgIpc) is 3.15. The molecule has 0 saturated carbocycles. The minimum absolute atomic E-state index is 0.212. The van der Waals surface area contributed by atoms with Gasteiger partial charge in [-0.05, 0) is 69.4 Å². The van der Waals surface area contributed by atoms with Gasteiger partial charge in [0.25, 0.3) is 0 Å². The maximum atomic E-state index is 11.6. The van der Waals surface area contributed by atoms with E-state index in [1.165, 1.54) is 0 Å². The fourth-order valence-corrected chi connectivity index (χ4v) is 4.84. The van der Waals surface area contributed by atoms with E-state index in [2.05, 4.69) is 25.4 Å². The predicted octanol–water partition coefficient (Wildman–Crippen LogP) is 2.21. The van der Waals surface area contributed by atoms with Gasteiger partial charge in [-0.2, -0.15) is 4.98 Å². The standard InChI is InChI=1S/C19H27ClN6O/c20-14-5-3-13(4-6-14)16(27)19(17-23-18(21)25-24-17)9-1-2-12-26(19)15-7-10-22-11-8-15/h3-6,15-16,22,27H,1-2,7-12H2,(H3,21,23,24,25)/t16?,19-/m0/s1. The van der Waals surface area contributed by atoms with Crippen molar-refractivity contribution in [1.29, 1.82) is 0 Å². The summed E-state index contributed by atoms with van der Waals surface area (Å²) in [5, 5.41) is 22.8. The molecule has 3 heterocycles. The molecule has 0 amide bonds. The van der Waals surface area contributed by atoms with Crippen molar-refractivity contribution in [3.63, 3.8) is 0 Å². The Morgan fingerprint density at radius 1 is 1.22 bits per heavy atom. The number of benzene rings is 1. The van der Waals surface area contributed by atoms with Crippen LogP contribution >= 0.6 is 11.6 Å². The van der Waals surface area contributed by atoms with E-state index in [9.17, 15) is 5.11 Å². The smallest absolute Gasteiger partial charge is 0.239 e. The van der Waals surface area contributed by atoms with Gasteiger partial charge < -0.3 is 16.2 Å². The van der Waals surface area contributed by atoms with Crippen LogP contribution in [0.15, 0.2) is 24.3 Å². The van der Waals surface area contributed by atoms with Crippen LogP contribution in [-0.2, 0) is 5.54 Å². The first-order chi connectivity index (χ1) is 13.1. The van der Waals surface area contributed by atoms with Crippen molar-refractivity contribution in [3.8, 4) is 0 Å². The summed E-state index contributed by atoms with van der Waals surface area (Å²) in [6, 6.07) is 7.81. The van der Waals surface area contributed by atoms with E-state index in [-0.39, 0.29) is 5.95 Å². The van der Waals surface area contributed by atoms with Gasteiger partial charge in [-0.15, -0.1) is 5.10 Å². The lowest BCUT2D eigenvalue weighted by Crippen LogP contribution is -2.59. The topological polar surface area (TPSA) is 103 Å². The van der Waals surface area contributed by atoms with Crippen LogP contribution in [0.2, 0.25) is 5.02 Å². The Kier molecular flexibility index (Phi) is 5.36. The molecule has 0 aliphatic carbocycles. The van der Waals surface area contributed by atoms with Gasteiger partial charge in [0.05, 0.1) is 0 Å². The highest BCUT2D eigenvalue weighted by Gasteiger charge is 2.51. The first-order valence-corrected chi connectivity index (χ1v) is 10.1. The molecule has 0 bridgehead atoms. The molecule has 2 saturated heterocycles. The summed E-state index contributed by atoms with van der Waals surface area (Å²) in [7, 11) is 0. The Bertz CT molecular complexity index is 760. The van der Waals surface area contributed by atoms with Crippen molar-refractivity contribution < 1.29 is 5.11 Å². The first-order valence-electron chi connectivity index (χ1n) is 9.70. The third-order valence-electron chi connectivity index (χ3n) is 6.02. The maximum absolute atomic E-state index is 11.6. The van der Waals surface area contributed by atoms with Crippen molar-refractivity contribution >= 4 is 17.5 Å². The van der Waals surface area contributed by atoms with Gasteiger partial charge in [-0.25, -0.2) is 0 Å². The number of aromatic amines is 1. The molecule has 5 N–H and O–H groups in total. The van der Waals surface area contributed by atoms with Crippen molar-refractivity contribution in [1.82, 2.24) is 25.4 Å². The van der Waals surface area contributed by atoms with Crippen LogP contribution in [0.1, 0.15) is 49.6 Å². The Morgan fingerprint density at radius 2 is 1.96 bits per heavy atom. The number of nitrogens with one attached hydrogen (secondary N) is 2. The molecule has 2 aliphatic rings. The van der Waals surface area contributed by atoms with Gasteiger partial charge in [0.1, 0.15) is 17.5 Å². The lowest BCUT2D eigenvalue weighted by molar-refractivity contribution is -0.0958. The third-order valence-corrected chi connectivity index (χ3v) is 6.27. The molecule has 27 heavy (non-hydrogen) atoms. The SMILES string of the molecule is Nc1n[nH]c([C@@]2(C(O)c3ccc(Cl)cc3)CCCCN2C2CCNCC2)n1. The van der Waals surface area contributed by atoms with E-state index in [1.54, 1.807) is 0 Å². The first kappa shape index (κ1) is 18.7. The number of nitrogens with zero attached hydrogens (tertiary/aromatic N) is 3. The normalized spacial score (nSPS) is 26.1. The zero-order valence-corrected chi connectivity index (χ0v) is 16.1. The van der Waals surface area contributed by atoms with E-state index in [1.807, 2.05) is 24.3 Å². The molecule has 8 heteroatoms. The number of likely N-dealkylation sites (tertiary alicyclic amines) is 1. The van der Waals surface area contributed by atoms with Crippen LogP contribution in [0.3, 0.4) is 0 Å². The molecule has 0 radical (unpaired) electrons. The number of anilines is 1. The van der Waals surface area contributed by atoms with E-state index in [0.717, 1.165) is 57.3 Å². The number of nitrogen functional groups attached to an aromatic ring is 1. The molecule has 1 aromatic heterocycles. The van der Waals surface area contributed by atoms with Crippen molar-refractivity contribution in [2.45, 2.75) is 49.8 Å². The quantitative estimate of drug-likeness (QED) is 0.638. The largest absolute Gasteiger partial charge is 0.386 e. The fraction of sp³-hybridized carbons (Fsp3) is 0.579. The molecular weight excluding hydrogens is 364 g/mol. The molecule has 2 aromatic rings. The summed E-state index contributed by atoms with van der Waals surface area (Å²) < 4.78 is 0. The van der Waals surface area contributed by atoms with Crippen LogP contribution in [0.25, 0.3) is 0 Å². The van der Waals surface area contributed by atoms with Gasteiger partial charge in [0.15, 0.2) is 0 Å². The molecule has 146 valence electrons. The van der Waals surface area contributed by atoms with Gasteiger partial charge in [0.2, 0.25) is 5.95 Å². The number of rotatable bonds is 4. The molecule has 2 aliphatic heterocycles. The van der Waals surface area contributed by atoms with Gasteiger partial charge in [0, 0.05) is 11.1 Å². The zero-order valence-electron chi connectivity index (χ0n) is 15.4. The minimum Gasteiger partial charge on any atom is -0.386 e.